The summed E-state index contributed by atoms with van der Waals surface area (Å²) in [7, 11) is -4.20. The molecule has 9 heteroatoms. The normalized spacial score (nSPS) is 18.3. The van der Waals surface area contributed by atoms with Gasteiger partial charge in [-0.2, -0.15) is 13.2 Å². The smallest absolute Gasteiger partial charge is 0.395 e. The van der Waals surface area contributed by atoms with Crippen molar-refractivity contribution in [2.24, 2.45) is 0 Å². The second kappa shape index (κ2) is 7.72. The van der Waals surface area contributed by atoms with Crippen molar-refractivity contribution in [3.63, 3.8) is 0 Å². The van der Waals surface area contributed by atoms with E-state index in [-0.39, 0.29) is 12.6 Å². The Morgan fingerprint density at radius 3 is 2.60 bits per heavy atom. The molecule has 0 bridgehead atoms. The summed E-state index contributed by atoms with van der Waals surface area (Å²) in [5, 5.41) is 10.3. The van der Waals surface area contributed by atoms with Crippen molar-refractivity contribution < 1.29 is 26.7 Å². The lowest BCUT2D eigenvalue weighted by molar-refractivity contribution is -0.137. The minimum atomic E-state index is -4.63. The predicted molar refractivity (Wildman–Crippen MR) is 106 cm³/mol. The van der Waals surface area contributed by atoms with E-state index in [1.807, 2.05) is 6.07 Å². The number of hydrogen-bond donors (Lipinski definition) is 1. The summed E-state index contributed by atoms with van der Waals surface area (Å²) < 4.78 is 66.3. The first-order valence-electron chi connectivity index (χ1n) is 9.58. The Labute approximate surface area is 172 Å². The third-order valence-electron chi connectivity index (χ3n) is 5.59. The largest absolute Gasteiger partial charge is 0.416 e. The van der Waals surface area contributed by atoms with Gasteiger partial charge in [-0.1, -0.05) is 18.2 Å². The van der Waals surface area contributed by atoms with Gasteiger partial charge < -0.3 is 5.11 Å². The highest BCUT2D eigenvalue weighted by atomic mass is 32.2. The second-order valence-corrected chi connectivity index (χ2v) is 9.26. The molecule has 3 aromatic rings. The van der Waals surface area contributed by atoms with Crippen LogP contribution < -0.4 is 0 Å². The highest BCUT2D eigenvalue weighted by Gasteiger charge is 2.32. The number of alkyl halides is 3. The van der Waals surface area contributed by atoms with E-state index in [0.29, 0.717) is 18.1 Å². The number of halogens is 3. The number of rotatable bonds is 5. The van der Waals surface area contributed by atoms with Crippen molar-refractivity contribution in [2.45, 2.75) is 36.5 Å². The quantitative estimate of drug-likeness (QED) is 0.657. The minimum Gasteiger partial charge on any atom is -0.395 e. The molecule has 1 aromatic heterocycles. The fourth-order valence-electron chi connectivity index (χ4n) is 4.03. The molecule has 30 heavy (non-hydrogen) atoms. The first kappa shape index (κ1) is 20.9. The van der Waals surface area contributed by atoms with Crippen LogP contribution in [-0.2, 0) is 22.7 Å². The number of aromatic nitrogens is 1. The molecular weight excluding hydrogens is 417 g/mol. The third-order valence-corrected chi connectivity index (χ3v) is 7.27. The summed E-state index contributed by atoms with van der Waals surface area (Å²) in [6.45, 7) is 1.49. The Kier molecular flexibility index (Phi) is 5.37. The second-order valence-electron chi connectivity index (χ2n) is 7.44. The molecule has 0 unspecified atom stereocenters. The maximum atomic E-state index is 13.1. The summed E-state index contributed by atoms with van der Waals surface area (Å²) in [4.78, 5) is 1.74. The van der Waals surface area contributed by atoms with Gasteiger partial charge in [0.05, 0.1) is 22.6 Å². The van der Waals surface area contributed by atoms with Crippen molar-refractivity contribution in [3.05, 3.63) is 65.9 Å². The number of hydrogen-bond acceptors (Lipinski definition) is 4. The van der Waals surface area contributed by atoms with Gasteiger partial charge in [0.2, 0.25) is 0 Å². The van der Waals surface area contributed by atoms with Gasteiger partial charge in [0.15, 0.2) is 0 Å². The molecule has 1 fully saturated rings. The van der Waals surface area contributed by atoms with E-state index in [1.165, 1.54) is 6.20 Å². The van der Waals surface area contributed by atoms with Crippen LogP contribution in [0, 0.1) is 0 Å². The van der Waals surface area contributed by atoms with Crippen molar-refractivity contribution >= 4 is 20.9 Å². The fourth-order valence-corrected chi connectivity index (χ4v) is 5.42. The Balaban J connectivity index is 1.74. The zero-order valence-corrected chi connectivity index (χ0v) is 16.8. The monoisotopic (exact) mass is 438 g/mol. The lowest BCUT2D eigenvalue weighted by Crippen LogP contribution is -2.31. The van der Waals surface area contributed by atoms with Crippen LogP contribution in [0.25, 0.3) is 10.9 Å². The third kappa shape index (κ3) is 3.73. The van der Waals surface area contributed by atoms with E-state index in [4.69, 9.17) is 0 Å². The molecule has 5 nitrogen and oxygen atoms in total. The Hall–Kier alpha value is -2.36. The molecule has 0 saturated carbocycles. The molecule has 1 aliphatic heterocycles. The lowest BCUT2D eigenvalue weighted by atomic mass is 10.1. The summed E-state index contributed by atoms with van der Waals surface area (Å²) in [6, 6.07) is 10.8. The van der Waals surface area contributed by atoms with Crippen molar-refractivity contribution in [1.29, 1.82) is 0 Å². The standard InChI is InChI=1S/C21H21F3N2O3S/c22-21(23,24)16-5-2-7-18(12-16)30(28,29)26-11-9-19-15(4-1-8-20(19)26)13-25-10-3-6-17(25)14-27/h1-2,4-5,7-9,11-12,17,27H,3,6,10,13-14H2/t17-/m1/s1. The maximum Gasteiger partial charge on any atom is 0.416 e. The number of aliphatic hydroxyl groups excluding tert-OH is 1. The van der Waals surface area contributed by atoms with Crippen LogP contribution in [0.15, 0.2) is 59.6 Å². The van der Waals surface area contributed by atoms with E-state index >= 15 is 0 Å². The van der Waals surface area contributed by atoms with Gasteiger partial charge >= 0.3 is 6.18 Å². The van der Waals surface area contributed by atoms with E-state index in [2.05, 4.69) is 4.90 Å². The van der Waals surface area contributed by atoms with Crippen LogP contribution in [0.4, 0.5) is 13.2 Å². The molecule has 160 valence electrons. The van der Waals surface area contributed by atoms with Gasteiger partial charge in [0.1, 0.15) is 0 Å². The van der Waals surface area contributed by atoms with E-state index in [9.17, 15) is 26.7 Å². The maximum absolute atomic E-state index is 13.1. The van der Waals surface area contributed by atoms with Gasteiger partial charge in [-0.15, -0.1) is 0 Å². The molecule has 0 spiro atoms. The average molecular weight is 438 g/mol. The predicted octanol–water partition coefficient (Wildman–Crippen LogP) is 3.85. The van der Waals surface area contributed by atoms with Crippen LogP contribution in [0.3, 0.4) is 0 Å². The molecule has 2 aromatic carbocycles. The van der Waals surface area contributed by atoms with E-state index < -0.39 is 26.7 Å². The number of aliphatic hydroxyl groups is 1. The van der Waals surface area contributed by atoms with Crippen molar-refractivity contribution in [3.8, 4) is 0 Å². The summed E-state index contributed by atoms with van der Waals surface area (Å²) in [6.07, 6.45) is -1.35. The zero-order chi connectivity index (χ0) is 21.5. The summed E-state index contributed by atoms with van der Waals surface area (Å²) in [5.41, 5.74) is 0.306. The van der Waals surface area contributed by atoms with Gasteiger partial charge in [0, 0.05) is 24.2 Å². The lowest BCUT2D eigenvalue weighted by Gasteiger charge is -2.23. The van der Waals surface area contributed by atoms with Gasteiger partial charge in [-0.3, -0.25) is 4.90 Å². The Bertz CT molecular complexity index is 1170. The molecule has 1 atom stereocenters. The first-order valence-corrected chi connectivity index (χ1v) is 11.0. The topological polar surface area (TPSA) is 62.5 Å². The molecular formula is C21H21F3N2O3S. The molecule has 1 aliphatic rings. The van der Waals surface area contributed by atoms with Crippen molar-refractivity contribution in [1.82, 2.24) is 8.87 Å². The van der Waals surface area contributed by atoms with Crippen molar-refractivity contribution in [2.75, 3.05) is 13.2 Å². The number of nitrogens with zero attached hydrogens (tertiary/aromatic N) is 2. The summed E-state index contributed by atoms with van der Waals surface area (Å²) in [5.74, 6) is 0. The molecule has 2 heterocycles. The van der Waals surface area contributed by atoms with Gasteiger partial charge in [0.25, 0.3) is 10.0 Å². The molecule has 1 N–H and O–H groups in total. The highest BCUT2D eigenvalue weighted by Crippen LogP contribution is 2.32. The molecule has 4 rings (SSSR count). The van der Waals surface area contributed by atoms with Crippen LogP contribution >= 0.6 is 0 Å². The fraction of sp³-hybridized carbons (Fsp3) is 0.333. The highest BCUT2D eigenvalue weighted by molar-refractivity contribution is 7.90. The minimum absolute atomic E-state index is 0.0704. The van der Waals surface area contributed by atoms with Crippen LogP contribution in [0.1, 0.15) is 24.0 Å². The molecule has 0 amide bonds. The van der Waals surface area contributed by atoms with Gasteiger partial charge in [-0.25, -0.2) is 12.4 Å². The SMILES string of the molecule is O=S(=O)(c1cccc(C(F)(F)F)c1)n1ccc2c(CN3CCC[C@@H]3CO)cccc21. The van der Waals surface area contributed by atoms with E-state index in [0.717, 1.165) is 52.5 Å². The number of fused-ring (bicyclic) bond motifs is 1. The number of benzene rings is 2. The molecule has 1 saturated heterocycles. The van der Waals surface area contributed by atoms with Crippen LogP contribution in [0.5, 0.6) is 0 Å². The number of likely N-dealkylation sites (tertiary alicyclic amines) is 1. The summed E-state index contributed by atoms with van der Waals surface area (Å²) >= 11 is 0. The van der Waals surface area contributed by atoms with Crippen LogP contribution in [0.2, 0.25) is 0 Å². The molecule has 0 radical (unpaired) electrons. The van der Waals surface area contributed by atoms with Crippen LogP contribution in [-0.4, -0.2) is 41.6 Å². The average Bonchev–Trinajstić information content (AvgIpc) is 3.35. The van der Waals surface area contributed by atoms with E-state index in [1.54, 1.807) is 18.2 Å². The zero-order valence-electron chi connectivity index (χ0n) is 16.0. The molecule has 0 aliphatic carbocycles. The first-order chi connectivity index (χ1) is 14.2. The Morgan fingerprint density at radius 2 is 1.87 bits per heavy atom. The van der Waals surface area contributed by atoms with Gasteiger partial charge in [-0.05, 0) is 55.3 Å². The Morgan fingerprint density at radius 1 is 1.10 bits per heavy atom.